The molecule has 400 valence electrons. The number of pyridine rings is 1. The van der Waals surface area contributed by atoms with Gasteiger partial charge >= 0.3 is 5.97 Å². The van der Waals surface area contributed by atoms with E-state index in [1.54, 1.807) is 33.0 Å². The Bertz CT molecular complexity index is 3160. The quantitative estimate of drug-likeness (QED) is 0.0292. The monoisotopic (exact) mass is 1080 g/mol. The zero-order valence-electron chi connectivity index (χ0n) is 43.2. The molecule has 18 nitrogen and oxygen atoms in total. The molecule has 5 aromatic rings. The topological polar surface area (TPSA) is 219 Å². The van der Waals surface area contributed by atoms with Gasteiger partial charge in [-0.2, -0.15) is 4.98 Å². The standard InChI is InChI=1S/C54H66ClN8O10PS/c1-53(2,3)52(65)72-35-73-74(68)27-17-36(18-28-74)33-57-45-14-12-42(31-47(45)63(66)67)75(69,70)59-50(64)43-13-11-41(30-46(43)62-21-6-26-71-51-48(62)29-38-16-20-56-49(38)58-51)61-24-22-60(23-25-61)34-39-15-19-54(4,5)32-44(39)37-7-9-40(55)10-8-37/h7-14,16,20,29-31,36,57H,6,15,17-19,21-28,32-35H2,1-5H3,(H,56,58)(H,59,64). The number of fused-ring (bicyclic) bond motifs is 2. The van der Waals surface area contributed by atoms with E-state index in [0.717, 1.165) is 74.1 Å². The van der Waals surface area contributed by atoms with E-state index < -0.39 is 57.0 Å². The molecular formula is C54H66ClN8O10PS. The molecule has 4 aliphatic rings. The van der Waals surface area contributed by atoms with Crippen molar-refractivity contribution in [2.24, 2.45) is 16.7 Å². The minimum atomic E-state index is -4.66. The van der Waals surface area contributed by atoms with Gasteiger partial charge in [-0.05, 0) is 136 Å². The molecule has 75 heavy (non-hydrogen) atoms. The number of nitro groups is 1. The summed E-state index contributed by atoms with van der Waals surface area (Å²) in [6.07, 6.45) is 7.02. The second-order valence-corrected chi connectivity index (χ2v) is 26.8. The lowest BCUT2D eigenvalue weighted by atomic mass is 9.72. The summed E-state index contributed by atoms with van der Waals surface area (Å²) in [5, 5.41) is 17.1. The highest BCUT2D eigenvalue weighted by Crippen LogP contribution is 2.53. The predicted molar refractivity (Wildman–Crippen MR) is 292 cm³/mol. The number of esters is 1. The van der Waals surface area contributed by atoms with Crippen LogP contribution >= 0.6 is 19.0 Å². The molecule has 3 N–H and O–H groups in total. The van der Waals surface area contributed by atoms with E-state index in [9.17, 15) is 32.7 Å². The van der Waals surface area contributed by atoms with E-state index >= 15 is 0 Å². The van der Waals surface area contributed by atoms with Crippen molar-refractivity contribution in [2.75, 3.05) is 86.7 Å². The van der Waals surface area contributed by atoms with Crippen molar-refractivity contribution >= 4 is 85.9 Å². The lowest BCUT2D eigenvalue weighted by Crippen LogP contribution is -2.47. The van der Waals surface area contributed by atoms with Crippen LogP contribution in [0.15, 0.2) is 89.5 Å². The number of ether oxygens (including phenoxy) is 2. The van der Waals surface area contributed by atoms with Gasteiger partial charge < -0.3 is 29.6 Å². The van der Waals surface area contributed by atoms with Gasteiger partial charge in [0.15, 0.2) is 6.79 Å². The van der Waals surface area contributed by atoms with Gasteiger partial charge in [0.05, 0.1) is 33.1 Å². The SMILES string of the molecule is CC1(C)CCC(CN2CCN(c3ccc(C(=O)NS(=O)(=O)c4ccc(NCC5CCP(=O)(OCOC(=O)C(C)(C)C)CC5)c([N+](=O)[O-])c4)c(N4CCCOc5nc6[nH]ccc6cc54)c3)CC2)=C(c2ccc(Cl)cc2)C1. The molecule has 0 bridgehead atoms. The number of hydrogen-bond acceptors (Lipinski definition) is 15. The second-order valence-electron chi connectivity index (χ2n) is 21.9. The maximum Gasteiger partial charge on any atom is 0.313 e. The molecule has 0 unspecified atom stereocenters. The molecule has 2 saturated heterocycles. The summed E-state index contributed by atoms with van der Waals surface area (Å²) in [6, 6.07) is 20.9. The number of aromatic nitrogens is 2. The molecule has 3 aromatic carbocycles. The molecule has 9 rings (SSSR count). The zero-order chi connectivity index (χ0) is 53.3. The van der Waals surface area contributed by atoms with Crippen molar-refractivity contribution in [1.82, 2.24) is 19.6 Å². The number of hydrogen-bond donors (Lipinski definition) is 3. The number of allylic oxidation sites excluding steroid dienone is 1. The number of H-pyrrole nitrogens is 1. The molecule has 1 amide bonds. The van der Waals surface area contributed by atoms with Crippen LogP contribution in [-0.4, -0.2) is 112 Å². The Hall–Kier alpha value is -5.98. The van der Waals surface area contributed by atoms with Crippen LogP contribution in [0.1, 0.15) is 89.1 Å². The largest absolute Gasteiger partial charge is 0.476 e. The first-order chi connectivity index (χ1) is 35.6. The number of nitro benzene ring substituents is 1. The summed E-state index contributed by atoms with van der Waals surface area (Å²) in [5.41, 5.74) is 5.81. The molecule has 0 atom stereocenters. The molecule has 2 aromatic heterocycles. The number of halogens is 1. The Labute approximate surface area is 443 Å². The number of nitrogens with zero attached hydrogens (tertiary/aromatic N) is 5. The summed E-state index contributed by atoms with van der Waals surface area (Å²) in [6.45, 7) is 14.4. The number of carbonyl (C=O) groups excluding carboxylic acids is 2. The van der Waals surface area contributed by atoms with Gasteiger partial charge in [0, 0.05) is 86.5 Å². The smallest absolute Gasteiger partial charge is 0.313 e. The molecule has 0 radical (unpaired) electrons. The van der Waals surface area contributed by atoms with E-state index in [2.05, 4.69) is 50.8 Å². The molecule has 0 spiro atoms. The molecule has 21 heteroatoms. The van der Waals surface area contributed by atoms with Gasteiger partial charge in [-0.25, -0.2) is 13.1 Å². The molecule has 0 saturated carbocycles. The number of anilines is 4. The first-order valence-corrected chi connectivity index (χ1v) is 29.5. The van der Waals surface area contributed by atoms with Crippen molar-refractivity contribution < 1.29 is 41.5 Å². The Morgan fingerprint density at radius 1 is 0.987 bits per heavy atom. The fourth-order valence-corrected chi connectivity index (χ4v) is 13.6. The van der Waals surface area contributed by atoms with Crippen molar-refractivity contribution in [3.05, 3.63) is 111 Å². The van der Waals surface area contributed by atoms with Crippen molar-refractivity contribution in [2.45, 2.75) is 78.0 Å². The summed E-state index contributed by atoms with van der Waals surface area (Å²) < 4.78 is 60.6. The van der Waals surface area contributed by atoms with Crippen LogP contribution in [0.4, 0.5) is 28.4 Å². The van der Waals surface area contributed by atoms with E-state index in [0.29, 0.717) is 55.3 Å². The van der Waals surface area contributed by atoms with Crippen molar-refractivity contribution in [3.63, 3.8) is 0 Å². The Balaban J connectivity index is 0.918. The minimum Gasteiger partial charge on any atom is -0.476 e. The fraction of sp³-hybridized carbons (Fsp3) is 0.463. The third kappa shape index (κ3) is 12.7. The molecule has 1 aliphatic carbocycles. The highest BCUT2D eigenvalue weighted by Gasteiger charge is 2.35. The van der Waals surface area contributed by atoms with E-state index in [1.807, 2.05) is 41.3 Å². The van der Waals surface area contributed by atoms with Gasteiger partial charge in [-0.3, -0.25) is 33.7 Å². The number of carbonyl (C=O) groups is 2. The van der Waals surface area contributed by atoms with Crippen molar-refractivity contribution in [3.8, 4) is 5.88 Å². The first kappa shape index (κ1) is 53.8. The third-order valence-electron chi connectivity index (χ3n) is 14.7. The van der Waals surface area contributed by atoms with Crippen LogP contribution in [0.5, 0.6) is 5.88 Å². The second kappa shape index (κ2) is 21.9. The third-order valence-corrected chi connectivity index (χ3v) is 18.8. The van der Waals surface area contributed by atoms with E-state index in [1.165, 1.54) is 28.8 Å². The number of rotatable bonds is 15. The average Bonchev–Trinajstić information content (AvgIpc) is 3.74. The molecule has 2 fully saturated rings. The van der Waals surface area contributed by atoms with E-state index in [4.69, 9.17) is 30.6 Å². The maximum absolute atomic E-state index is 14.5. The number of amides is 1. The number of nitrogens with one attached hydrogen (secondary N) is 3. The van der Waals surface area contributed by atoms with Gasteiger partial charge in [-0.1, -0.05) is 43.2 Å². The molecular weight excluding hydrogens is 1020 g/mol. The normalized spacial score (nSPS) is 20.5. The zero-order valence-corrected chi connectivity index (χ0v) is 45.6. The average molecular weight is 1090 g/mol. The van der Waals surface area contributed by atoms with Crippen LogP contribution in [0.2, 0.25) is 5.02 Å². The minimum absolute atomic E-state index is 0.0141. The predicted octanol–water partition coefficient (Wildman–Crippen LogP) is 10.6. The maximum atomic E-state index is 14.5. The number of sulfonamides is 1. The Morgan fingerprint density at radius 2 is 1.73 bits per heavy atom. The molecule has 5 heterocycles. The lowest BCUT2D eigenvalue weighted by Gasteiger charge is -2.39. The first-order valence-electron chi connectivity index (χ1n) is 25.6. The van der Waals surface area contributed by atoms with E-state index in [-0.39, 0.29) is 41.5 Å². The number of piperazine rings is 1. The highest BCUT2D eigenvalue weighted by molar-refractivity contribution is 7.90. The lowest BCUT2D eigenvalue weighted by molar-refractivity contribution is -0.384. The van der Waals surface area contributed by atoms with Crippen LogP contribution < -0.4 is 24.6 Å². The molecule has 3 aliphatic heterocycles. The number of benzene rings is 3. The number of aromatic amines is 1. The van der Waals surface area contributed by atoms with Crippen molar-refractivity contribution in [1.29, 1.82) is 0 Å². The van der Waals surface area contributed by atoms with Crippen LogP contribution in [0.3, 0.4) is 0 Å². The summed E-state index contributed by atoms with van der Waals surface area (Å²) in [5.74, 6) is -1.02. The van der Waals surface area contributed by atoms with Gasteiger partial charge in [0.1, 0.15) is 17.0 Å². The van der Waals surface area contributed by atoms with Crippen LogP contribution in [0, 0.1) is 26.9 Å². The van der Waals surface area contributed by atoms with Crippen LogP contribution in [0.25, 0.3) is 16.6 Å². The fourth-order valence-electron chi connectivity index (χ4n) is 10.3. The Morgan fingerprint density at radius 3 is 2.45 bits per heavy atom. The van der Waals surface area contributed by atoms with Gasteiger partial charge in [0.2, 0.25) is 13.2 Å². The van der Waals surface area contributed by atoms with Crippen LogP contribution in [-0.2, 0) is 28.6 Å². The van der Waals surface area contributed by atoms with Gasteiger partial charge in [-0.15, -0.1) is 0 Å². The summed E-state index contributed by atoms with van der Waals surface area (Å²) in [7, 11) is -7.70. The summed E-state index contributed by atoms with van der Waals surface area (Å²) >= 11 is 6.28. The van der Waals surface area contributed by atoms with Gasteiger partial charge in [0.25, 0.3) is 21.6 Å². The summed E-state index contributed by atoms with van der Waals surface area (Å²) in [4.78, 5) is 52.5. The highest BCUT2D eigenvalue weighted by atomic mass is 35.5. The Kier molecular flexibility index (Phi) is 15.7.